The highest BCUT2D eigenvalue weighted by Crippen LogP contribution is 2.33. The quantitative estimate of drug-likeness (QED) is 0.866. The van der Waals surface area contributed by atoms with Crippen LogP contribution in [0.1, 0.15) is 24.0 Å². The van der Waals surface area contributed by atoms with E-state index in [1.165, 1.54) is 5.56 Å². The summed E-state index contributed by atoms with van der Waals surface area (Å²) < 4.78 is 0. The number of amides is 1. The molecule has 0 spiro atoms. The summed E-state index contributed by atoms with van der Waals surface area (Å²) in [6, 6.07) is 7.10. The van der Waals surface area contributed by atoms with Crippen molar-refractivity contribution in [1.82, 2.24) is 14.8 Å². The Morgan fingerprint density at radius 2 is 2.13 bits per heavy atom. The average Bonchev–Trinajstić information content (AvgIpc) is 3.27. The fourth-order valence-corrected chi connectivity index (χ4v) is 4.65. The predicted octanol–water partition coefficient (Wildman–Crippen LogP) is 2.56. The molecule has 5 heteroatoms. The minimum absolute atomic E-state index is 0.291. The molecule has 4 nitrogen and oxygen atoms in total. The number of rotatable bonds is 4. The van der Waals surface area contributed by atoms with Gasteiger partial charge in [0.05, 0.1) is 6.42 Å². The van der Waals surface area contributed by atoms with Crippen molar-refractivity contribution in [2.45, 2.75) is 37.9 Å². The molecule has 1 amide bonds. The van der Waals surface area contributed by atoms with Gasteiger partial charge in [-0.25, -0.2) is 0 Å². The van der Waals surface area contributed by atoms with Crippen LogP contribution in [0.4, 0.5) is 0 Å². The molecule has 0 bridgehead atoms. The van der Waals surface area contributed by atoms with Gasteiger partial charge in [0.1, 0.15) is 0 Å². The Hall–Kier alpha value is -1.72. The molecule has 4 heterocycles. The van der Waals surface area contributed by atoms with Crippen molar-refractivity contribution >= 4 is 17.2 Å². The largest absolute Gasteiger partial charge is 0.338 e. The Balaban J connectivity index is 1.40. The second-order valence-corrected chi connectivity index (χ2v) is 7.22. The van der Waals surface area contributed by atoms with Crippen molar-refractivity contribution in [2.24, 2.45) is 0 Å². The third kappa shape index (κ3) is 3.03. The van der Waals surface area contributed by atoms with Crippen LogP contribution in [0.3, 0.4) is 0 Å². The highest BCUT2D eigenvalue weighted by Gasteiger charge is 2.43. The van der Waals surface area contributed by atoms with Gasteiger partial charge in [-0.2, -0.15) is 11.3 Å². The molecule has 0 radical (unpaired) electrons. The SMILES string of the molecule is O=C(Cc1ccsc1)N1CC[C@@H]2[C@@H]1CCN2Cc1cccnc1. The highest BCUT2D eigenvalue weighted by atomic mass is 32.1. The van der Waals surface area contributed by atoms with E-state index in [2.05, 4.69) is 32.3 Å². The molecule has 2 fully saturated rings. The Morgan fingerprint density at radius 1 is 1.22 bits per heavy atom. The second-order valence-electron chi connectivity index (χ2n) is 6.44. The molecule has 0 aromatic carbocycles. The van der Waals surface area contributed by atoms with Crippen LogP contribution >= 0.6 is 11.3 Å². The summed E-state index contributed by atoms with van der Waals surface area (Å²) in [6.07, 6.45) is 6.51. The first-order valence-corrected chi connectivity index (χ1v) is 9.19. The number of thiophene rings is 1. The Labute approximate surface area is 140 Å². The third-order valence-corrected chi connectivity index (χ3v) is 5.79. The van der Waals surface area contributed by atoms with Gasteiger partial charge in [0.2, 0.25) is 5.91 Å². The topological polar surface area (TPSA) is 36.4 Å². The lowest BCUT2D eigenvalue weighted by Crippen LogP contribution is -2.40. The fourth-order valence-electron chi connectivity index (χ4n) is 3.98. The first-order valence-electron chi connectivity index (χ1n) is 8.25. The lowest BCUT2D eigenvalue weighted by molar-refractivity contribution is -0.131. The van der Waals surface area contributed by atoms with Crippen LogP contribution in [-0.2, 0) is 17.8 Å². The van der Waals surface area contributed by atoms with Crippen molar-refractivity contribution in [2.75, 3.05) is 13.1 Å². The van der Waals surface area contributed by atoms with E-state index in [1.807, 2.05) is 23.8 Å². The standard InChI is InChI=1S/C18H21N3OS/c22-18(10-14-5-9-23-13-14)21-8-4-16-17(21)3-7-20(16)12-15-2-1-6-19-11-15/h1-2,5-6,9,11,13,16-17H,3-4,7-8,10,12H2/t16-,17+/m1/s1. The number of carbonyl (C=O) groups is 1. The zero-order chi connectivity index (χ0) is 15.6. The molecule has 23 heavy (non-hydrogen) atoms. The van der Waals surface area contributed by atoms with Gasteiger partial charge in [-0.3, -0.25) is 14.7 Å². The summed E-state index contributed by atoms with van der Waals surface area (Å²) >= 11 is 1.66. The van der Waals surface area contributed by atoms with Gasteiger partial charge in [0.15, 0.2) is 0 Å². The second kappa shape index (κ2) is 6.42. The van der Waals surface area contributed by atoms with Crippen LogP contribution in [0, 0.1) is 0 Å². The molecule has 2 aromatic rings. The van der Waals surface area contributed by atoms with Gasteiger partial charge in [-0.05, 0) is 46.9 Å². The maximum Gasteiger partial charge on any atom is 0.227 e. The van der Waals surface area contributed by atoms with Crippen molar-refractivity contribution in [3.05, 3.63) is 52.5 Å². The molecule has 120 valence electrons. The van der Waals surface area contributed by atoms with Crippen LogP contribution < -0.4 is 0 Å². The number of likely N-dealkylation sites (tertiary alicyclic amines) is 2. The van der Waals surface area contributed by atoms with E-state index >= 15 is 0 Å². The Kier molecular flexibility index (Phi) is 4.14. The molecule has 2 aromatic heterocycles. The molecule has 0 unspecified atom stereocenters. The Morgan fingerprint density at radius 3 is 2.91 bits per heavy atom. The van der Waals surface area contributed by atoms with E-state index < -0.39 is 0 Å². The summed E-state index contributed by atoms with van der Waals surface area (Å²) in [7, 11) is 0. The van der Waals surface area contributed by atoms with Crippen LogP contribution in [0.15, 0.2) is 41.4 Å². The minimum atomic E-state index is 0.291. The molecule has 0 N–H and O–H groups in total. The lowest BCUT2D eigenvalue weighted by atomic mass is 10.1. The minimum Gasteiger partial charge on any atom is -0.338 e. The fraction of sp³-hybridized carbons (Fsp3) is 0.444. The number of hydrogen-bond acceptors (Lipinski definition) is 4. The number of pyridine rings is 1. The van der Waals surface area contributed by atoms with Gasteiger partial charge in [-0.1, -0.05) is 6.07 Å². The van der Waals surface area contributed by atoms with Crippen molar-refractivity contribution in [3.8, 4) is 0 Å². The van der Waals surface area contributed by atoms with Crippen molar-refractivity contribution in [1.29, 1.82) is 0 Å². The molecule has 2 atom stereocenters. The zero-order valence-electron chi connectivity index (χ0n) is 13.1. The monoisotopic (exact) mass is 327 g/mol. The van der Waals surface area contributed by atoms with Gasteiger partial charge in [0.25, 0.3) is 0 Å². The zero-order valence-corrected chi connectivity index (χ0v) is 13.9. The molecule has 0 aliphatic carbocycles. The lowest BCUT2D eigenvalue weighted by Gasteiger charge is -2.25. The van der Waals surface area contributed by atoms with Crippen molar-refractivity contribution < 1.29 is 4.79 Å². The van der Waals surface area contributed by atoms with E-state index in [0.29, 0.717) is 24.4 Å². The van der Waals surface area contributed by atoms with E-state index in [1.54, 1.807) is 11.3 Å². The van der Waals surface area contributed by atoms with Gasteiger partial charge in [0, 0.05) is 44.1 Å². The molecule has 4 rings (SSSR count). The number of aromatic nitrogens is 1. The van der Waals surface area contributed by atoms with Gasteiger partial charge < -0.3 is 4.90 Å². The van der Waals surface area contributed by atoms with E-state index in [9.17, 15) is 4.79 Å². The molecule has 2 aliphatic heterocycles. The summed E-state index contributed by atoms with van der Waals surface area (Å²) in [5, 5.41) is 4.12. The van der Waals surface area contributed by atoms with E-state index in [-0.39, 0.29) is 0 Å². The molecule has 2 aliphatic rings. The molecular weight excluding hydrogens is 306 g/mol. The summed E-state index contributed by atoms with van der Waals surface area (Å²) in [5.41, 5.74) is 2.41. The molecule has 0 saturated carbocycles. The number of fused-ring (bicyclic) bond motifs is 1. The predicted molar refractivity (Wildman–Crippen MR) is 91.2 cm³/mol. The summed E-state index contributed by atoms with van der Waals surface area (Å²) in [5.74, 6) is 0.291. The normalized spacial score (nSPS) is 24.1. The van der Waals surface area contributed by atoms with Gasteiger partial charge in [-0.15, -0.1) is 0 Å². The summed E-state index contributed by atoms with van der Waals surface area (Å²) in [6.45, 7) is 2.93. The maximum atomic E-state index is 12.6. The van der Waals surface area contributed by atoms with E-state index in [4.69, 9.17) is 0 Å². The molecular formula is C18H21N3OS. The smallest absolute Gasteiger partial charge is 0.227 e. The number of carbonyl (C=O) groups excluding carboxylic acids is 1. The molecule has 2 saturated heterocycles. The van der Waals surface area contributed by atoms with Crippen LogP contribution in [0.2, 0.25) is 0 Å². The summed E-state index contributed by atoms with van der Waals surface area (Å²) in [4.78, 5) is 21.5. The first-order chi connectivity index (χ1) is 11.3. The highest BCUT2D eigenvalue weighted by molar-refractivity contribution is 7.08. The van der Waals surface area contributed by atoms with Crippen LogP contribution in [0.25, 0.3) is 0 Å². The third-order valence-electron chi connectivity index (χ3n) is 5.06. The average molecular weight is 327 g/mol. The van der Waals surface area contributed by atoms with Crippen LogP contribution in [-0.4, -0.2) is 45.9 Å². The number of nitrogens with zero attached hydrogens (tertiary/aromatic N) is 3. The van der Waals surface area contributed by atoms with Crippen LogP contribution in [0.5, 0.6) is 0 Å². The van der Waals surface area contributed by atoms with Crippen molar-refractivity contribution in [3.63, 3.8) is 0 Å². The maximum absolute atomic E-state index is 12.6. The van der Waals surface area contributed by atoms with E-state index in [0.717, 1.165) is 38.0 Å². The Bertz CT molecular complexity index is 658. The van der Waals surface area contributed by atoms with Gasteiger partial charge >= 0.3 is 0 Å². The number of hydrogen-bond donors (Lipinski definition) is 0. The first kappa shape index (κ1) is 14.8.